The second kappa shape index (κ2) is 4.23. The van der Waals surface area contributed by atoms with Crippen molar-refractivity contribution in [3.63, 3.8) is 0 Å². The fraction of sp³-hybridized carbons (Fsp3) is 0.533. The SMILES string of the molecule is CC(C)(C)c1ccc2c(c1)N1C(=O)CNCC1CO2. The number of anilines is 1. The van der Waals surface area contributed by atoms with Crippen LogP contribution in [0.1, 0.15) is 26.3 Å². The molecule has 1 aromatic rings. The van der Waals surface area contributed by atoms with E-state index < -0.39 is 0 Å². The molecule has 19 heavy (non-hydrogen) atoms. The molecule has 0 aliphatic carbocycles. The Hall–Kier alpha value is -1.55. The summed E-state index contributed by atoms with van der Waals surface area (Å²) in [7, 11) is 0. The van der Waals surface area contributed by atoms with Crippen molar-refractivity contribution in [2.45, 2.75) is 32.2 Å². The molecule has 1 N–H and O–H groups in total. The first-order chi connectivity index (χ1) is 8.97. The highest BCUT2D eigenvalue weighted by molar-refractivity contribution is 5.98. The lowest BCUT2D eigenvalue weighted by atomic mass is 9.86. The number of nitrogens with zero attached hydrogens (tertiary/aromatic N) is 1. The molecule has 4 heteroatoms. The number of benzene rings is 1. The highest BCUT2D eigenvalue weighted by atomic mass is 16.5. The molecule has 0 radical (unpaired) electrons. The first-order valence-corrected chi connectivity index (χ1v) is 6.77. The van der Waals surface area contributed by atoms with E-state index in [9.17, 15) is 4.79 Å². The Morgan fingerprint density at radius 1 is 1.37 bits per heavy atom. The molecule has 1 fully saturated rings. The Labute approximate surface area is 113 Å². The van der Waals surface area contributed by atoms with Gasteiger partial charge in [-0.05, 0) is 23.1 Å². The number of ether oxygens (including phenoxy) is 1. The molecule has 0 saturated carbocycles. The summed E-state index contributed by atoms with van der Waals surface area (Å²) in [6, 6.07) is 6.29. The van der Waals surface area contributed by atoms with E-state index in [0.29, 0.717) is 13.2 Å². The van der Waals surface area contributed by atoms with Gasteiger partial charge in [0.05, 0.1) is 18.3 Å². The minimum Gasteiger partial charge on any atom is -0.489 e. The van der Waals surface area contributed by atoms with Crippen molar-refractivity contribution in [1.29, 1.82) is 0 Å². The number of hydrogen-bond acceptors (Lipinski definition) is 3. The number of nitrogens with one attached hydrogen (secondary N) is 1. The maximum Gasteiger partial charge on any atom is 0.241 e. The highest BCUT2D eigenvalue weighted by Gasteiger charge is 2.35. The van der Waals surface area contributed by atoms with E-state index in [1.807, 2.05) is 11.0 Å². The first kappa shape index (κ1) is 12.5. The van der Waals surface area contributed by atoms with Gasteiger partial charge in [-0.25, -0.2) is 0 Å². The molecule has 1 amide bonds. The van der Waals surface area contributed by atoms with Crippen LogP contribution in [-0.4, -0.2) is 31.6 Å². The molecule has 1 unspecified atom stereocenters. The molecule has 102 valence electrons. The highest BCUT2D eigenvalue weighted by Crippen LogP contribution is 2.38. The largest absolute Gasteiger partial charge is 0.489 e. The number of amides is 1. The zero-order valence-electron chi connectivity index (χ0n) is 11.7. The molecule has 1 atom stereocenters. The van der Waals surface area contributed by atoms with Crippen LogP contribution in [0.15, 0.2) is 18.2 Å². The minimum atomic E-state index is 0.0685. The summed E-state index contributed by atoms with van der Waals surface area (Å²) in [5, 5.41) is 3.14. The molecule has 2 heterocycles. The molecule has 1 saturated heterocycles. The molecule has 0 spiro atoms. The van der Waals surface area contributed by atoms with Crippen LogP contribution in [0, 0.1) is 0 Å². The summed E-state index contributed by atoms with van der Waals surface area (Å²) in [4.78, 5) is 14.1. The van der Waals surface area contributed by atoms with Crippen LogP contribution >= 0.6 is 0 Å². The van der Waals surface area contributed by atoms with E-state index >= 15 is 0 Å². The fourth-order valence-electron chi connectivity index (χ4n) is 2.67. The van der Waals surface area contributed by atoms with Crippen molar-refractivity contribution >= 4 is 11.6 Å². The summed E-state index contributed by atoms with van der Waals surface area (Å²) in [6.45, 7) is 8.31. The normalized spacial score (nSPS) is 22.6. The van der Waals surface area contributed by atoms with Crippen LogP contribution in [0.2, 0.25) is 0 Å². The quantitative estimate of drug-likeness (QED) is 0.771. The van der Waals surface area contributed by atoms with Gasteiger partial charge in [-0.15, -0.1) is 0 Å². The van der Waals surface area contributed by atoms with Gasteiger partial charge < -0.3 is 15.0 Å². The van der Waals surface area contributed by atoms with Crippen LogP contribution in [0.3, 0.4) is 0 Å². The average molecular weight is 260 g/mol. The monoisotopic (exact) mass is 260 g/mol. The molecule has 3 rings (SSSR count). The van der Waals surface area contributed by atoms with Crippen LogP contribution in [0.4, 0.5) is 5.69 Å². The maximum absolute atomic E-state index is 12.2. The van der Waals surface area contributed by atoms with Gasteiger partial charge in [0.15, 0.2) is 0 Å². The second-order valence-corrected chi connectivity index (χ2v) is 6.29. The second-order valence-electron chi connectivity index (χ2n) is 6.29. The van der Waals surface area contributed by atoms with Crippen molar-refractivity contribution in [2.75, 3.05) is 24.6 Å². The predicted octanol–water partition coefficient (Wildman–Crippen LogP) is 1.68. The van der Waals surface area contributed by atoms with E-state index in [2.05, 4.69) is 38.2 Å². The Kier molecular flexibility index (Phi) is 2.78. The van der Waals surface area contributed by atoms with Crippen molar-refractivity contribution in [3.8, 4) is 5.75 Å². The van der Waals surface area contributed by atoms with Gasteiger partial charge in [-0.1, -0.05) is 26.8 Å². The van der Waals surface area contributed by atoms with Crippen LogP contribution in [0.25, 0.3) is 0 Å². The van der Waals surface area contributed by atoms with Crippen LogP contribution < -0.4 is 15.0 Å². The van der Waals surface area contributed by atoms with Crippen molar-refractivity contribution in [1.82, 2.24) is 5.32 Å². The van der Waals surface area contributed by atoms with E-state index in [1.54, 1.807) is 0 Å². The van der Waals surface area contributed by atoms with Gasteiger partial charge in [-0.2, -0.15) is 0 Å². The fourth-order valence-corrected chi connectivity index (χ4v) is 2.67. The number of rotatable bonds is 0. The van der Waals surface area contributed by atoms with E-state index in [0.717, 1.165) is 18.0 Å². The minimum absolute atomic E-state index is 0.0685. The molecule has 2 aliphatic heterocycles. The smallest absolute Gasteiger partial charge is 0.241 e. The van der Waals surface area contributed by atoms with E-state index in [-0.39, 0.29) is 17.4 Å². The first-order valence-electron chi connectivity index (χ1n) is 6.77. The van der Waals surface area contributed by atoms with Crippen molar-refractivity contribution in [3.05, 3.63) is 23.8 Å². The van der Waals surface area contributed by atoms with Crippen LogP contribution in [-0.2, 0) is 10.2 Å². The maximum atomic E-state index is 12.2. The Bertz CT molecular complexity index is 519. The van der Waals surface area contributed by atoms with Gasteiger partial charge in [0, 0.05) is 6.54 Å². The van der Waals surface area contributed by atoms with Crippen molar-refractivity contribution in [2.24, 2.45) is 0 Å². The zero-order chi connectivity index (χ0) is 13.6. The Balaban J connectivity index is 2.06. The van der Waals surface area contributed by atoms with Crippen molar-refractivity contribution < 1.29 is 9.53 Å². The van der Waals surface area contributed by atoms with Gasteiger partial charge in [0.2, 0.25) is 5.91 Å². The lowest BCUT2D eigenvalue weighted by Crippen LogP contribution is -2.59. The zero-order valence-corrected chi connectivity index (χ0v) is 11.7. The summed E-state index contributed by atoms with van der Waals surface area (Å²) in [5.41, 5.74) is 2.22. The molecule has 0 aromatic heterocycles. The number of hydrogen-bond donors (Lipinski definition) is 1. The van der Waals surface area contributed by atoms with Gasteiger partial charge >= 0.3 is 0 Å². The lowest BCUT2D eigenvalue weighted by molar-refractivity contribution is -0.119. The molecule has 1 aromatic carbocycles. The summed E-state index contributed by atoms with van der Waals surface area (Å²) >= 11 is 0. The third-order valence-electron chi connectivity index (χ3n) is 3.81. The lowest BCUT2D eigenvalue weighted by Gasteiger charge is -2.40. The number of fused-ring (bicyclic) bond motifs is 3. The molecule has 2 aliphatic rings. The van der Waals surface area contributed by atoms with Crippen LogP contribution in [0.5, 0.6) is 5.75 Å². The number of piperazine rings is 1. The summed E-state index contributed by atoms with van der Waals surface area (Å²) in [5.74, 6) is 0.950. The average Bonchev–Trinajstić information content (AvgIpc) is 2.37. The van der Waals surface area contributed by atoms with Gasteiger partial charge in [-0.3, -0.25) is 4.79 Å². The number of carbonyl (C=O) groups excluding carboxylic acids is 1. The third kappa shape index (κ3) is 2.10. The van der Waals surface area contributed by atoms with Gasteiger partial charge in [0.1, 0.15) is 12.4 Å². The number of carbonyl (C=O) groups is 1. The van der Waals surface area contributed by atoms with Gasteiger partial charge in [0.25, 0.3) is 0 Å². The molecular formula is C15H20N2O2. The van der Waals surface area contributed by atoms with E-state index in [1.165, 1.54) is 5.56 Å². The summed E-state index contributed by atoms with van der Waals surface area (Å²) in [6.07, 6.45) is 0. The standard InChI is InChI=1S/C15H20N2O2/c1-15(2,3)10-4-5-13-12(6-10)17-11(9-19-13)7-16-8-14(17)18/h4-6,11,16H,7-9H2,1-3H3. The third-order valence-corrected chi connectivity index (χ3v) is 3.81. The molecule has 4 nitrogen and oxygen atoms in total. The Morgan fingerprint density at radius 3 is 2.89 bits per heavy atom. The van der Waals surface area contributed by atoms with E-state index in [4.69, 9.17) is 4.74 Å². The molecular weight excluding hydrogens is 240 g/mol. The predicted molar refractivity (Wildman–Crippen MR) is 74.8 cm³/mol. The topological polar surface area (TPSA) is 41.6 Å². The molecule has 0 bridgehead atoms. The Morgan fingerprint density at radius 2 is 2.16 bits per heavy atom. The summed E-state index contributed by atoms with van der Waals surface area (Å²) < 4.78 is 5.78.